The van der Waals surface area contributed by atoms with Crippen LogP contribution in [-0.4, -0.2) is 37.0 Å². The summed E-state index contributed by atoms with van der Waals surface area (Å²) in [4.78, 5) is 15.2. The maximum Gasteiger partial charge on any atom is 0.227 e. The molecule has 1 aromatic carbocycles. The molecule has 1 aliphatic heterocycles. The highest BCUT2D eigenvalue weighted by atomic mass is 35.5. The molecule has 0 aromatic heterocycles. The van der Waals surface area contributed by atoms with Gasteiger partial charge in [-0.05, 0) is 56.5 Å². The quantitative estimate of drug-likeness (QED) is 0.755. The molecule has 1 aromatic rings. The highest BCUT2D eigenvalue weighted by molar-refractivity contribution is 6.30. The molecular formula is C19H30ClN3O. The van der Waals surface area contributed by atoms with Crippen LogP contribution in [0, 0.1) is 5.41 Å². The molecular weight excluding hydrogens is 322 g/mol. The summed E-state index contributed by atoms with van der Waals surface area (Å²) in [5.74, 6) is 0.0706. The Bertz CT molecular complexity index is 531. The van der Waals surface area contributed by atoms with Crippen LogP contribution in [0.15, 0.2) is 24.3 Å². The van der Waals surface area contributed by atoms with Crippen LogP contribution in [0.2, 0.25) is 5.02 Å². The first-order chi connectivity index (χ1) is 11.6. The molecule has 0 bridgehead atoms. The van der Waals surface area contributed by atoms with Crippen LogP contribution in [0.5, 0.6) is 0 Å². The Hall–Kier alpha value is -1.10. The second kappa shape index (κ2) is 8.84. The molecule has 1 unspecified atom stereocenters. The molecule has 3 N–H and O–H groups in total. The van der Waals surface area contributed by atoms with Crippen molar-refractivity contribution in [2.45, 2.75) is 45.6 Å². The van der Waals surface area contributed by atoms with Crippen LogP contribution in [0.1, 0.15) is 51.1 Å². The van der Waals surface area contributed by atoms with Crippen LogP contribution >= 0.6 is 11.6 Å². The Kier molecular flexibility index (Phi) is 7.08. The predicted molar refractivity (Wildman–Crippen MR) is 100 cm³/mol. The third-order valence-corrected chi connectivity index (χ3v) is 5.73. The third-order valence-electron chi connectivity index (χ3n) is 5.50. The first-order valence-corrected chi connectivity index (χ1v) is 9.42. The van der Waals surface area contributed by atoms with E-state index in [9.17, 15) is 4.79 Å². The smallest absolute Gasteiger partial charge is 0.227 e. The Balaban J connectivity index is 2.13. The lowest BCUT2D eigenvalue weighted by Crippen LogP contribution is -2.47. The summed E-state index contributed by atoms with van der Waals surface area (Å²) in [5.41, 5.74) is 6.61. The van der Waals surface area contributed by atoms with Gasteiger partial charge < -0.3 is 11.1 Å². The van der Waals surface area contributed by atoms with Crippen LogP contribution in [-0.2, 0) is 4.79 Å². The molecule has 1 atom stereocenters. The first-order valence-electron chi connectivity index (χ1n) is 9.04. The van der Waals surface area contributed by atoms with Gasteiger partial charge in [-0.15, -0.1) is 0 Å². The van der Waals surface area contributed by atoms with Gasteiger partial charge in [0.25, 0.3) is 0 Å². The van der Waals surface area contributed by atoms with E-state index in [1.165, 1.54) is 12.8 Å². The number of amides is 1. The van der Waals surface area contributed by atoms with Crippen LogP contribution in [0.25, 0.3) is 0 Å². The third kappa shape index (κ3) is 4.29. The van der Waals surface area contributed by atoms with E-state index >= 15 is 0 Å². The van der Waals surface area contributed by atoms with E-state index in [0.29, 0.717) is 13.1 Å². The van der Waals surface area contributed by atoms with Crippen molar-refractivity contribution in [3.63, 3.8) is 0 Å². The molecule has 4 nitrogen and oxygen atoms in total. The monoisotopic (exact) mass is 351 g/mol. The number of hydrogen-bond acceptors (Lipinski definition) is 3. The van der Waals surface area contributed by atoms with Crippen molar-refractivity contribution in [1.82, 2.24) is 10.2 Å². The molecule has 0 radical (unpaired) electrons. The van der Waals surface area contributed by atoms with Gasteiger partial charge in [0.15, 0.2) is 0 Å². The van der Waals surface area contributed by atoms with Gasteiger partial charge in [0.1, 0.15) is 0 Å². The summed E-state index contributed by atoms with van der Waals surface area (Å²) in [6, 6.07) is 8.13. The number of nitrogens with zero attached hydrogens (tertiary/aromatic N) is 1. The van der Waals surface area contributed by atoms with Gasteiger partial charge in [0, 0.05) is 18.1 Å². The van der Waals surface area contributed by atoms with Crippen molar-refractivity contribution in [3.05, 3.63) is 34.9 Å². The fourth-order valence-electron chi connectivity index (χ4n) is 3.55. The molecule has 5 heteroatoms. The van der Waals surface area contributed by atoms with E-state index in [1.54, 1.807) is 0 Å². The van der Waals surface area contributed by atoms with E-state index in [-0.39, 0.29) is 11.9 Å². The maximum absolute atomic E-state index is 12.7. The number of carbonyl (C=O) groups is 1. The number of nitrogens with one attached hydrogen (secondary N) is 1. The van der Waals surface area contributed by atoms with Gasteiger partial charge in [0.2, 0.25) is 5.91 Å². The van der Waals surface area contributed by atoms with Gasteiger partial charge in [-0.2, -0.15) is 0 Å². The fraction of sp³-hybridized carbons (Fsp3) is 0.632. The fourth-order valence-corrected chi connectivity index (χ4v) is 3.75. The van der Waals surface area contributed by atoms with E-state index in [2.05, 4.69) is 16.3 Å². The van der Waals surface area contributed by atoms with Crippen molar-refractivity contribution >= 4 is 17.5 Å². The zero-order valence-corrected chi connectivity index (χ0v) is 15.6. The van der Waals surface area contributed by atoms with E-state index in [0.717, 1.165) is 36.5 Å². The number of halogens is 1. The molecule has 24 heavy (non-hydrogen) atoms. The lowest BCUT2D eigenvalue weighted by molar-refractivity contribution is -0.131. The van der Waals surface area contributed by atoms with Crippen molar-refractivity contribution in [3.8, 4) is 0 Å². The SMILES string of the molecule is CCC(CC)(CN)C(=O)NCC(c1cccc(Cl)c1)N1CCCC1. The minimum Gasteiger partial charge on any atom is -0.354 e. The second-order valence-electron chi connectivity index (χ2n) is 6.72. The minimum atomic E-state index is -0.454. The van der Waals surface area contributed by atoms with Gasteiger partial charge >= 0.3 is 0 Å². The molecule has 0 spiro atoms. The number of likely N-dealkylation sites (tertiary alicyclic amines) is 1. The largest absolute Gasteiger partial charge is 0.354 e. The van der Waals surface area contributed by atoms with Crippen molar-refractivity contribution in [1.29, 1.82) is 0 Å². The molecule has 134 valence electrons. The molecule has 1 aliphatic rings. The zero-order valence-electron chi connectivity index (χ0n) is 14.9. The number of carbonyl (C=O) groups excluding carboxylic acids is 1. The Morgan fingerprint density at radius 2 is 2.00 bits per heavy atom. The highest BCUT2D eigenvalue weighted by Gasteiger charge is 2.34. The lowest BCUT2D eigenvalue weighted by atomic mass is 9.81. The molecule has 1 heterocycles. The predicted octanol–water partition coefficient (Wildman–Crippen LogP) is 3.36. The average molecular weight is 352 g/mol. The first kappa shape index (κ1) is 19.2. The van der Waals surface area contributed by atoms with E-state index < -0.39 is 5.41 Å². The summed E-state index contributed by atoms with van der Waals surface area (Å²) in [7, 11) is 0. The van der Waals surface area contributed by atoms with Crippen molar-refractivity contribution in [2.75, 3.05) is 26.2 Å². The Morgan fingerprint density at radius 1 is 1.33 bits per heavy atom. The molecule has 2 rings (SSSR count). The molecule has 0 aliphatic carbocycles. The standard InChI is InChI=1S/C19H30ClN3O/c1-3-19(4-2,14-21)18(24)22-13-17(23-10-5-6-11-23)15-8-7-9-16(20)12-15/h7-9,12,17H,3-6,10-11,13-14,21H2,1-2H3,(H,22,24). The average Bonchev–Trinajstić information content (AvgIpc) is 3.11. The lowest BCUT2D eigenvalue weighted by Gasteiger charge is -2.32. The van der Waals surface area contributed by atoms with Crippen LogP contribution in [0.3, 0.4) is 0 Å². The topological polar surface area (TPSA) is 58.4 Å². The van der Waals surface area contributed by atoms with Gasteiger partial charge in [-0.3, -0.25) is 9.69 Å². The van der Waals surface area contributed by atoms with E-state index in [4.69, 9.17) is 17.3 Å². The second-order valence-corrected chi connectivity index (χ2v) is 7.15. The van der Waals surface area contributed by atoms with Crippen LogP contribution in [0.4, 0.5) is 0 Å². The molecule has 1 saturated heterocycles. The van der Waals surface area contributed by atoms with Crippen molar-refractivity contribution in [2.24, 2.45) is 11.1 Å². The van der Waals surface area contributed by atoms with Gasteiger partial charge in [-0.1, -0.05) is 37.6 Å². The van der Waals surface area contributed by atoms with Crippen molar-refractivity contribution < 1.29 is 4.79 Å². The van der Waals surface area contributed by atoms with Crippen LogP contribution < -0.4 is 11.1 Å². The Morgan fingerprint density at radius 3 is 2.54 bits per heavy atom. The molecule has 1 fully saturated rings. The molecule has 1 amide bonds. The van der Waals surface area contributed by atoms with Gasteiger partial charge in [0.05, 0.1) is 11.5 Å². The zero-order chi connectivity index (χ0) is 17.6. The summed E-state index contributed by atoms with van der Waals surface area (Å²) >= 11 is 6.18. The summed E-state index contributed by atoms with van der Waals surface area (Å²) < 4.78 is 0. The highest BCUT2D eigenvalue weighted by Crippen LogP contribution is 2.28. The summed E-state index contributed by atoms with van der Waals surface area (Å²) in [6.07, 6.45) is 3.94. The normalized spacial score (nSPS) is 17.0. The number of hydrogen-bond donors (Lipinski definition) is 2. The number of nitrogens with two attached hydrogens (primary N) is 1. The molecule has 0 saturated carbocycles. The number of benzene rings is 1. The Labute approximate surface area is 150 Å². The maximum atomic E-state index is 12.7. The summed E-state index contributed by atoms with van der Waals surface area (Å²) in [5, 5.41) is 3.91. The minimum absolute atomic E-state index is 0.0706. The van der Waals surface area contributed by atoms with E-state index in [1.807, 2.05) is 32.0 Å². The summed E-state index contributed by atoms with van der Waals surface area (Å²) in [6.45, 7) is 7.18. The number of rotatable bonds is 8. The van der Waals surface area contributed by atoms with Gasteiger partial charge in [-0.25, -0.2) is 0 Å².